The van der Waals surface area contributed by atoms with Crippen LogP contribution in [0.1, 0.15) is 37.4 Å². The first-order valence-electron chi connectivity index (χ1n) is 5.47. The van der Waals surface area contributed by atoms with Gasteiger partial charge in [0.1, 0.15) is 4.88 Å². The van der Waals surface area contributed by atoms with Gasteiger partial charge in [0.25, 0.3) is 5.91 Å². The number of nitrogens with zero attached hydrogens (tertiary/aromatic N) is 1. The Balaban J connectivity index is 2.31. The van der Waals surface area contributed by atoms with Gasteiger partial charge in [0.05, 0.1) is 11.4 Å². The van der Waals surface area contributed by atoms with Crippen LogP contribution in [0.3, 0.4) is 0 Å². The molecule has 0 radical (unpaired) electrons. The van der Waals surface area contributed by atoms with Gasteiger partial charge in [-0.3, -0.25) is 4.79 Å². The van der Waals surface area contributed by atoms with E-state index in [0.29, 0.717) is 22.8 Å². The molecule has 0 atom stereocenters. The molecule has 0 saturated carbocycles. The Morgan fingerprint density at radius 2 is 2.05 bits per heavy atom. The summed E-state index contributed by atoms with van der Waals surface area (Å²) in [6.07, 6.45) is 0. The standard InChI is InChI=1S/C12H12N2O4S/c1-5-4-19-10(12(16)17)8(5)14-11(15)9-6(2)13-7(3)18-9/h4H,1-3H3,(H,14,15)(H,16,17). The molecular formula is C12H12N2O4S. The number of nitrogens with one attached hydrogen (secondary N) is 1. The fourth-order valence-corrected chi connectivity index (χ4v) is 2.51. The highest BCUT2D eigenvalue weighted by Gasteiger charge is 2.21. The third kappa shape index (κ3) is 2.50. The topological polar surface area (TPSA) is 92.4 Å². The first kappa shape index (κ1) is 13.3. The number of carbonyl (C=O) groups excluding carboxylic acids is 1. The molecule has 2 heterocycles. The molecule has 0 bridgehead atoms. The number of carbonyl (C=O) groups is 2. The quantitative estimate of drug-likeness (QED) is 0.901. The van der Waals surface area contributed by atoms with Gasteiger partial charge in [-0.2, -0.15) is 0 Å². The van der Waals surface area contributed by atoms with Crippen LogP contribution in [0.5, 0.6) is 0 Å². The summed E-state index contributed by atoms with van der Waals surface area (Å²) >= 11 is 1.07. The Labute approximate surface area is 113 Å². The number of anilines is 1. The van der Waals surface area contributed by atoms with E-state index in [4.69, 9.17) is 9.52 Å². The zero-order valence-corrected chi connectivity index (χ0v) is 11.4. The molecule has 1 amide bonds. The van der Waals surface area contributed by atoms with Gasteiger partial charge in [0, 0.05) is 6.92 Å². The lowest BCUT2D eigenvalue weighted by Gasteiger charge is -2.04. The zero-order chi connectivity index (χ0) is 14.2. The number of hydrogen-bond donors (Lipinski definition) is 2. The fraction of sp³-hybridized carbons (Fsp3) is 0.250. The van der Waals surface area contributed by atoms with Gasteiger partial charge < -0.3 is 14.8 Å². The number of hydrogen-bond acceptors (Lipinski definition) is 5. The monoisotopic (exact) mass is 280 g/mol. The van der Waals surface area contributed by atoms with Crippen LogP contribution in [0.2, 0.25) is 0 Å². The van der Waals surface area contributed by atoms with Crippen molar-refractivity contribution in [3.05, 3.63) is 33.2 Å². The lowest BCUT2D eigenvalue weighted by atomic mass is 10.2. The van der Waals surface area contributed by atoms with E-state index in [1.165, 1.54) is 0 Å². The average Bonchev–Trinajstić information content (AvgIpc) is 2.83. The summed E-state index contributed by atoms with van der Waals surface area (Å²) in [5.41, 5.74) is 1.47. The molecule has 0 fully saturated rings. The van der Waals surface area contributed by atoms with E-state index in [0.717, 1.165) is 11.3 Å². The van der Waals surface area contributed by atoms with Gasteiger partial charge >= 0.3 is 5.97 Å². The van der Waals surface area contributed by atoms with Gasteiger partial charge in [0.2, 0.25) is 5.76 Å². The number of aromatic nitrogens is 1. The second-order valence-electron chi connectivity index (χ2n) is 4.03. The number of aryl methyl sites for hydroxylation is 3. The Hall–Kier alpha value is -2.15. The number of amides is 1. The maximum Gasteiger partial charge on any atom is 0.348 e. The molecule has 100 valence electrons. The molecular weight excluding hydrogens is 268 g/mol. The lowest BCUT2D eigenvalue weighted by molar-refractivity contribution is 0.0703. The first-order valence-corrected chi connectivity index (χ1v) is 6.35. The minimum atomic E-state index is -1.07. The van der Waals surface area contributed by atoms with Crippen molar-refractivity contribution in [2.75, 3.05) is 5.32 Å². The molecule has 0 unspecified atom stereocenters. The summed E-state index contributed by atoms with van der Waals surface area (Å²) in [6, 6.07) is 0. The molecule has 0 saturated heterocycles. The lowest BCUT2D eigenvalue weighted by Crippen LogP contribution is -2.14. The van der Waals surface area contributed by atoms with Crippen LogP contribution in [-0.4, -0.2) is 22.0 Å². The number of carboxylic acid groups (broad SMARTS) is 1. The molecule has 0 aliphatic rings. The van der Waals surface area contributed by atoms with Crippen molar-refractivity contribution in [1.82, 2.24) is 4.98 Å². The summed E-state index contributed by atoms with van der Waals surface area (Å²) < 4.78 is 5.20. The van der Waals surface area contributed by atoms with E-state index in [-0.39, 0.29) is 10.6 Å². The van der Waals surface area contributed by atoms with Crippen LogP contribution < -0.4 is 5.32 Å². The van der Waals surface area contributed by atoms with E-state index >= 15 is 0 Å². The molecule has 2 aromatic rings. The molecule has 0 aliphatic carbocycles. The minimum absolute atomic E-state index is 0.0967. The summed E-state index contributed by atoms with van der Waals surface area (Å²) in [7, 11) is 0. The molecule has 0 spiro atoms. The largest absolute Gasteiger partial charge is 0.477 e. The van der Waals surface area contributed by atoms with Crippen LogP contribution in [0, 0.1) is 20.8 Å². The number of oxazole rings is 1. The van der Waals surface area contributed by atoms with Crippen molar-refractivity contribution in [3.8, 4) is 0 Å². The fourth-order valence-electron chi connectivity index (χ4n) is 1.67. The summed E-state index contributed by atoms with van der Waals surface area (Å²) in [6.45, 7) is 5.03. The van der Waals surface area contributed by atoms with E-state index in [9.17, 15) is 9.59 Å². The Morgan fingerprint density at radius 1 is 1.37 bits per heavy atom. The van der Waals surface area contributed by atoms with Gasteiger partial charge in [-0.15, -0.1) is 11.3 Å². The number of carboxylic acids is 1. The third-order valence-corrected chi connectivity index (χ3v) is 3.60. The normalized spacial score (nSPS) is 10.5. The highest BCUT2D eigenvalue weighted by molar-refractivity contribution is 7.12. The van der Waals surface area contributed by atoms with Crippen molar-refractivity contribution in [2.45, 2.75) is 20.8 Å². The van der Waals surface area contributed by atoms with Crippen molar-refractivity contribution < 1.29 is 19.1 Å². The summed E-state index contributed by atoms with van der Waals surface area (Å²) in [4.78, 5) is 27.2. The second-order valence-corrected chi connectivity index (χ2v) is 4.91. The molecule has 2 N–H and O–H groups in total. The first-order chi connectivity index (χ1) is 8.90. The van der Waals surface area contributed by atoms with Gasteiger partial charge in [-0.1, -0.05) is 0 Å². The molecule has 0 aromatic carbocycles. The van der Waals surface area contributed by atoms with Crippen molar-refractivity contribution in [1.29, 1.82) is 0 Å². The maximum absolute atomic E-state index is 12.0. The van der Waals surface area contributed by atoms with Crippen molar-refractivity contribution >= 4 is 28.9 Å². The number of thiophene rings is 1. The van der Waals surface area contributed by atoms with Gasteiger partial charge in [0.15, 0.2) is 5.89 Å². The molecule has 2 rings (SSSR count). The zero-order valence-electron chi connectivity index (χ0n) is 10.6. The van der Waals surface area contributed by atoms with Gasteiger partial charge in [-0.25, -0.2) is 9.78 Å². The van der Waals surface area contributed by atoms with Crippen molar-refractivity contribution in [3.63, 3.8) is 0 Å². The van der Waals surface area contributed by atoms with E-state index in [1.807, 2.05) is 0 Å². The molecule has 7 heteroatoms. The smallest absolute Gasteiger partial charge is 0.348 e. The Kier molecular flexibility index (Phi) is 3.39. The number of aromatic carboxylic acids is 1. The van der Waals surface area contributed by atoms with E-state index in [1.54, 1.807) is 26.2 Å². The third-order valence-electron chi connectivity index (χ3n) is 2.52. The van der Waals surface area contributed by atoms with Crippen LogP contribution >= 0.6 is 11.3 Å². The van der Waals surface area contributed by atoms with E-state index in [2.05, 4.69) is 10.3 Å². The molecule has 19 heavy (non-hydrogen) atoms. The maximum atomic E-state index is 12.0. The molecule has 2 aromatic heterocycles. The Morgan fingerprint density at radius 3 is 2.58 bits per heavy atom. The number of rotatable bonds is 3. The van der Waals surface area contributed by atoms with E-state index < -0.39 is 11.9 Å². The predicted molar refractivity (Wildman–Crippen MR) is 69.9 cm³/mol. The SMILES string of the molecule is Cc1nc(C)c(C(=O)Nc2c(C)csc2C(=O)O)o1. The Bertz CT molecular complexity index is 657. The minimum Gasteiger partial charge on any atom is -0.477 e. The summed E-state index contributed by atoms with van der Waals surface area (Å²) in [5, 5.41) is 13.3. The molecule has 6 nitrogen and oxygen atoms in total. The van der Waals surface area contributed by atoms with Crippen LogP contribution in [0.15, 0.2) is 9.80 Å². The molecule has 0 aliphatic heterocycles. The van der Waals surface area contributed by atoms with Crippen LogP contribution in [-0.2, 0) is 0 Å². The predicted octanol–water partition coefficient (Wildman–Crippen LogP) is 2.61. The van der Waals surface area contributed by atoms with Crippen molar-refractivity contribution in [2.24, 2.45) is 0 Å². The average molecular weight is 280 g/mol. The highest BCUT2D eigenvalue weighted by Crippen LogP contribution is 2.28. The van der Waals surface area contributed by atoms with Gasteiger partial charge in [-0.05, 0) is 24.8 Å². The van der Waals surface area contributed by atoms with Crippen LogP contribution in [0.25, 0.3) is 0 Å². The highest BCUT2D eigenvalue weighted by atomic mass is 32.1. The second kappa shape index (κ2) is 4.85. The van der Waals surface area contributed by atoms with Crippen LogP contribution in [0.4, 0.5) is 5.69 Å². The summed E-state index contributed by atoms with van der Waals surface area (Å²) in [5.74, 6) is -1.08.